The number of hydrogen-bond donors (Lipinski definition) is 2. The average molecular weight is 447 g/mol. The highest BCUT2D eigenvalue weighted by Crippen LogP contribution is 2.27. The van der Waals surface area contributed by atoms with Gasteiger partial charge in [0.2, 0.25) is 0 Å². The highest BCUT2D eigenvalue weighted by Gasteiger charge is 2.24. The fraction of sp³-hybridized carbons (Fsp3) is 0.611. The van der Waals surface area contributed by atoms with Crippen molar-refractivity contribution in [2.45, 2.75) is 50.8 Å². The van der Waals surface area contributed by atoms with Gasteiger partial charge in [-0.1, -0.05) is 23.8 Å². The van der Waals surface area contributed by atoms with Crippen LogP contribution in [0.4, 0.5) is 0 Å². The highest BCUT2D eigenvalue weighted by atomic mass is 127. The summed E-state index contributed by atoms with van der Waals surface area (Å²) in [5.41, 5.74) is 4.12. The molecule has 3 nitrogen and oxygen atoms in total. The Morgan fingerprint density at radius 1 is 1.30 bits per heavy atom. The molecule has 0 radical (unpaired) electrons. The van der Waals surface area contributed by atoms with Crippen molar-refractivity contribution < 1.29 is 0 Å². The Morgan fingerprint density at radius 3 is 2.70 bits per heavy atom. The first-order valence-electron chi connectivity index (χ1n) is 8.18. The fourth-order valence-electron chi connectivity index (χ4n) is 3.12. The Labute approximate surface area is 162 Å². The predicted octanol–water partition coefficient (Wildman–Crippen LogP) is 3.91. The zero-order valence-corrected chi connectivity index (χ0v) is 17.8. The molecule has 1 aromatic carbocycles. The SMILES string of the molecule is CN=C(NCCc1ccc(C)cc1C)NC1CCC(SC)C1.I. The Balaban J connectivity index is 0.00000264. The van der Waals surface area contributed by atoms with Crippen LogP contribution < -0.4 is 10.6 Å². The second-order valence-electron chi connectivity index (χ2n) is 6.19. The van der Waals surface area contributed by atoms with Crippen LogP contribution in [0.15, 0.2) is 23.2 Å². The van der Waals surface area contributed by atoms with Crippen LogP contribution in [0, 0.1) is 13.8 Å². The Morgan fingerprint density at radius 2 is 2.09 bits per heavy atom. The van der Waals surface area contributed by atoms with E-state index in [1.807, 2.05) is 18.8 Å². The number of hydrogen-bond acceptors (Lipinski definition) is 2. The van der Waals surface area contributed by atoms with Crippen molar-refractivity contribution in [2.75, 3.05) is 19.8 Å². The number of rotatable bonds is 5. The Bertz CT molecular complexity index is 519. The molecule has 0 aliphatic heterocycles. The summed E-state index contributed by atoms with van der Waals surface area (Å²) in [5, 5.41) is 7.83. The lowest BCUT2D eigenvalue weighted by molar-refractivity contribution is 0.614. The molecule has 1 aliphatic carbocycles. The molecular formula is C18H30IN3S. The number of guanidine groups is 1. The molecule has 130 valence electrons. The van der Waals surface area contributed by atoms with Crippen molar-refractivity contribution in [3.05, 3.63) is 34.9 Å². The third-order valence-corrected chi connectivity index (χ3v) is 5.56. The molecule has 0 amide bonds. The van der Waals surface area contributed by atoms with Gasteiger partial charge in [-0.3, -0.25) is 4.99 Å². The first-order valence-corrected chi connectivity index (χ1v) is 9.47. The van der Waals surface area contributed by atoms with Crippen LogP contribution in [0.5, 0.6) is 0 Å². The molecule has 2 N–H and O–H groups in total. The minimum absolute atomic E-state index is 0. The Kier molecular flexibility index (Phi) is 9.36. The minimum atomic E-state index is 0. The summed E-state index contributed by atoms with van der Waals surface area (Å²) in [5.74, 6) is 0.941. The van der Waals surface area contributed by atoms with Gasteiger partial charge >= 0.3 is 0 Å². The molecule has 2 rings (SSSR count). The van der Waals surface area contributed by atoms with E-state index in [1.165, 1.54) is 36.0 Å². The van der Waals surface area contributed by atoms with Crippen molar-refractivity contribution in [1.29, 1.82) is 0 Å². The van der Waals surface area contributed by atoms with Crippen LogP contribution in [-0.4, -0.2) is 37.1 Å². The summed E-state index contributed by atoms with van der Waals surface area (Å²) >= 11 is 1.99. The van der Waals surface area contributed by atoms with Gasteiger partial charge in [0.05, 0.1) is 0 Å². The van der Waals surface area contributed by atoms with Gasteiger partial charge in [-0.15, -0.1) is 24.0 Å². The molecular weight excluding hydrogens is 417 g/mol. The summed E-state index contributed by atoms with van der Waals surface area (Å²) < 4.78 is 0. The van der Waals surface area contributed by atoms with Crippen molar-refractivity contribution in [3.8, 4) is 0 Å². The molecule has 0 heterocycles. The van der Waals surface area contributed by atoms with Gasteiger partial charge in [-0.05, 0) is 56.9 Å². The van der Waals surface area contributed by atoms with E-state index in [0.717, 1.165) is 24.2 Å². The number of benzene rings is 1. The fourth-order valence-corrected chi connectivity index (χ4v) is 3.91. The largest absolute Gasteiger partial charge is 0.356 e. The quantitative estimate of drug-likeness (QED) is 0.408. The molecule has 2 atom stereocenters. The molecule has 1 fully saturated rings. The molecule has 0 spiro atoms. The van der Waals surface area contributed by atoms with Crippen LogP contribution in [0.2, 0.25) is 0 Å². The summed E-state index contributed by atoms with van der Waals surface area (Å²) in [6, 6.07) is 7.26. The molecule has 1 aliphatic rings. The second kappa shape index (κ2) is 10.4. The second-order valence-corrected chi connectivity index (χ2v) is 7.33. The lowest BCUT2D eigenvalue weighted by Gasteiger charge is -2.17. The average Bonchev–Trinajstić information content (AvgIpc) is 2.96. The molecule has 0 bridgehead atoms. The third kappa shape index (κ3) is 6.53. The summed E-state index contributed by atoms with van der Waals surface area (Å²) in [7, 11) is 1.85. The van der Waals surface area contributed by atoms with Gasteiger partial charge < -0.3 is 10.6 Å². The Hall–Kier alpha value is -0.430. The van der Waals surface area contributed by atoms with Gasteiger partial charge in [-0.25, -0.2) is 0 Å². The number of nitrogens with one attached hydrogen (secondary N) is 2. The number of aryl methyl sites for hydroxylation is 2. The van der Waals surface area contributed by atoms with Crippen LogP contribution in [0.25, 0.3) is 0 Å². The zero-order valence-electron chi connectivity index (χ0n) is 14.7. The van der Waals surface area contributed by atoms with Crippen LogP contribution in [0.1, 0.15) is 36.0 Å². The van der Waals surface area contributed by atoms with E-state index in [0.29, 0.717) is 6.04 Å². The summed E-state index contributed by atoms with van der Waals surface area (Å²) in [4.78, 5) is 4.36. The topological polar surface area (TPSA) is 36.4 Å². The van der Waals surface area contributed by atoms with E-state index in [2.05, 4.69) is 53.9 Å². The maximum absolute atomic E-state index is 4.36. The van der Waals surface area contributed by atoms with E-state index in [4.69, 9.17) is 0 Å². The summed E-state index contributed by atoms with van der Waals surface area (Å²) in [6.07, 6.45) is 7.07. The van der Waals surface area contributed by atoms with E-state index in [-0.39, 0.29) is 24.0 Å². The third-order valence-electron chi connectivity index (χ3n) is 4.47. The smallest absolute Gasteiger partial charge is 0.191 e. The van der Waals surface area contributed by atoms with Gasteiger partial charge in [0.25, 0.3) is 0 Å². The lowest BCUT2D eigenvalue weighted by Crippen LogP contribution is -2.43. The maximum atomic E-state index is 4.36. The monoisotopic (exact) mass is 447 g/mol. The van der Waals surface area contributed by atoms with Gasteiger partial charge in [-0.2, -0.15) is 11.8 Å². The van der Waals surface area contributed by atoms with E-state index in [9.17, 15) is 0 Å². The molecule has 0 aromatic heterocycles. The molecule has 0 saturated heterocycles. The van der Waals surface area contributed by atoms with Gasteiger partial charge in [0.15, 0.2) is 5.96 Å². The minimum Gasteiger partial charge on any atom is -0.356 e. The van der Waals surface area contributed by atoms with Gasteiger partial charge in [0, 0.05) is 24.9 Å². The van der Waals surface area contributed by atoms with E-state index >= 15 is 0 Å². The normalized spacial score (nSPS) is 21.0. The van der Waals surface area contributed by atoms with E-state index in [1.54, 1.807) is 0 Å². The van der Waals surface area contributed by atoms with Crippen molar-refractivity contribution in [2.24, 2.45) is 4.99 Å². The molecule has 2 unspecified atom stereocenters. The molecule has 23 heavy (non-hydrogen) atoms. The number of aliphatic imine (C=N–C) groups is 1. The van der Waals surface area contributed by atoms with Crippen molar-refractivity contribution in [1.82, 2.24) is 10.6 Å². The first kappa shape index (κ1) is 20.6. The van der Waals surface area contributed by atoms with Gasteiger partial charge in [0.1, 0.15) is 0 Å². The molecule has 5 heteroatoms. The number of halogens is 1. The number of nitrogens with zero attached hydrogens (tertiary/aromatic N) is 1. The highest BCUT2D eigenvalue weighted by molar-refractivity contribution is 14.0. The van der Waals surface area contributed by atoms with Crippen molar-refractivity contribution >= 4 is 41.7 Å². The first-order chi connectivity index (χ1) is 10.6. The predicted molar refractivity (Wildman–Crippen MR) is 114 cm³/mol. The summed E-state index contributed by atoms with van der Waals surface area (Å²) in [6.45, 7) is 5.25. The maximum Gasteiger partial charge on any atom is 0.191 e. The molecule has 1 saturated carbocycles. The lowest BCUT2D eigenvalue weighted by atomic mass is 10.0. The van der Waals surface area contributed by atoms with Crippen molar-refractivity contribution in [3.63, 3.8) is 0 Å². The standard InChI is InChI=1S/C18H29N3S.HI/c1-13-5-6-15(14(2)11-13)9-10-20-18(19-3)21-16-7-8-17(12-16)22-4;/h5-6,11,16-17H,7-10,12H2,1-4H3,(H2,19,20,21);1H. The van der Waals surface area contributed by atoms with Crippen LogP contribution in [0.3, 0.4) is 0 Å². The van der Waals surface area contributed by atoms with E-state index < -0.39 is 0 Å². The zero-order chi connectivity index (χ0) is 15.9. The number of thioether (sulfide) groups is 1. The van der Waals surface area contributed by atoms with Crippen LogP contribution in [-0.2, 0) is 6.42 Å². The van der Waals surface area contributed by atoms with Crippen LogP contribution >= 0.6 is 35.7 Å². The molecule has 1 aromatic rings.